The molecule has 1 aliphatic rings. The van der Waals surface area contributed by atoms with Gasteiger partial charge in [0.2, 0.25) is 0 Å². The van der Waals surface area contributed by atoms with Crippen LogP contribution in [0.1, 0.15) is 39.5 Å². The lowest BCUT2D eigenvalue weighted by Crippen LogP contribution is -2.28. The average molecular weight is 249 g/mol. The third-order valence-corrected chi connectivity index (χ3v) is 3.31. The van der Waals surface area contributed by atoms with Crippen LogP contribution in [-0.4, -0.2) is 23.4 Å². The van der Waals surface area contributed by atoms with Gasteiger partial charge >= 0.3 is 0 Å². The Bertz CT molecular complexity index is 371. The van der Waals surface area contributed by atoms with Crippen molar-refractivity contribution < 1.29 is 9.84 Å². The summed E-state index contributed by atoms with van der Waals surface area (Å²) in [6.07, 6.45) is 3.91. The maximum atomic E-state index is 9.51. The Morgan fingerprint density at radius 1 is 1.17 bits per heavy atom. The quantitative estimate of drug-likeness (QED) is 0.861. The molecule has 0 atom stereocenters. The van der Waals surface area contributed by atoms with Gasteiger partial charge in [-0.1, -0.05) is 12.1 Å². The molecule has 3 nitrogen and oxygen atoms in total. The van der Waals surface area contributed by atoms with E-state index < -0.39 is 0 Å². The van der Waals surface area contributed by atoms with Crippen LogP contribution in [0.2, 0.25) is 0 Å². The highest BCUT2D eigenvalue weighted by Crippen LogP contribution is 2.29. The lowest BCUT2D eigenvalue weighted by Gasteiger charge is -2.28. The second kappa shape index (κ2) is 6.10. The molecule has 0 bridgehead atoms. The van der Waals surface area contributed by atoms with Crippen LogP contribution >= 0.6 is 0 Å². The summed E-state index contributed by atoms with van der Waals surface area (Å²) in [6.45, 7) is 4.07. The van der Waals surface area contributed by atoms with Gasteiger partial charge in [-0.3, -0.25) is 0 Å². The number of ether oxygens (including phenoxy) is 1. The Morgan fingerprint density at radius 2 is 1.83 bits per heavy atom. The van der Waals surface area contributed by atoms with Gasteiger partial charge in [0, 0.05) is 6.04 Å². The van der Waals surface area contributed by atoms with Crippen LogP contribution in [0.15, 0.2) is 24.3 Å². The van der Waals surface area contributed by atoms with Crippen LogP contribution in [0, 0.1) is 0 Å². The van der Waals surface area contributed by atoms with E-state index in [0.717, 1.165) is 37.1 Å². The maximum absolute atomic E-state index is 9.51. The van der Waals surface area contributed by atoms with Gasteiger partial charge in [0.05, 0.1) is 17.9 Å². The first-order valence-electron chi connectivity index (χ1n) is 6.85. The third-order valence-electron chi connectivity index (χ3n) is 3.31. The highest BCUT2D eigenvalue weighted by Gasteiger charge is 2.20. The minimum atomic E-state index is -0.106. The zero-order valence-corrected chi connectivity index (χ0v) is 11.2. The average Bonchev–Trinajstić information content (AvgIpc) is 2.34. The van der Waals surface area contributed by atoms with E-state index in [1.165, 1.54) is 0 Å². The number of benzene rings is 1. The zero-order valence-electron chi connectivity index (χ0n) is 11.2. The molecule has 0 aliphatic heterocycles. The van der Waals surface area contributed by atoms with E-state index in [1.807, 2.05) is 32.0 Å². The van der Waals surface area contributed by atoms with Crippen LogP contribution in [0.4, 0.5) is 5.69 Å². The summed E-state index contributed by atoms with van der Waals surface area (Å²) >= 11 is 0. The fourth-order valence-electron chi connectivity index (χ4n) is 2.38. The molecule has 2 N–H and O–H groups in total. The second-order valence-electron chi connectivity index (χ2n) is 5.31. The number of nitrogens with one attached hydrogen (secondary N) is 1. The van der Waals surface area contributed by atoms with Crippen LogP contribution in [0.3, 0.4) is 0 Å². The predicted octanol–water partition coefficient (Wildman–Crippen LogP) is 3.19. The standard InChI is InChI=1S/C15H23NO2/c1-11(2)18-15-6-4-3-5-14(15)16-12-7-9-13(17)10-8-12/h3-6,11-13,16-17H,7-10H2,1-2H3. The third kappa shape index (κ3) is 3.64. The normalized spacial score (nSPS) is 24.0. The molecular formula is C15H23NO2. The summed E-state index contributed by atoms with van der Waals surface area (Å²) in [5.74, 6) is 0.915. The van der Waals surface area contributed by atoms with Gasteiger partial charge in [-0.25, -0.2) is 0 Å². The van der Waals surface area contributed by atoms with Gasteiger partial charge in [-0.15, -0.1) is 0 Å². The van der Waals surface area contributed by atoms with Crippen LogP contribution in [0.25, 0.3) is 0 Å². The Labute approximate surface area is 109 Å². The first-order chi connectivity index (χ1) is 8.65. The van der Waals surface area contributed by atoms with E-state index >= 15 is 0 Å². The molecule has 18 heavy (non-hydrogen) atoms. The molecular weight excluding hydrogens is 226 g/mol. The van der Waals surface area contributed by atoms with Gasteiger partial charge in [-0.2, -0.15) is 0 Å². The van der Waals surface area contributed by atoms with Crippen molar-refractivity contribution in [3.8, 4) is 5.75 Å². The Balaban J connectivity index is 2.00. The molecule has 0 saturated heterocycles. The molecule has 1 aliphatic carbocycles. The van der Waals surface area contributed by atoms with Gasteiger partial charge in [0.25, 0.3) is 0 Å². The van der Waals surface area contributed by atoms with Crippen molar-refractivity contribution >= 4 is 5.69 Å². The summed E-state index contributed by atoms with van der Waals surface area (Å²) in [7, 11) is 0. The largest absolute Gasteiger partial charge is 0.489 e. The van der Waals surface area contributed by atoms with Crippen molar-refractivity contribution in [3.63, 3.8) is 0 Å². The molecule has 0 unspecified atom stereocenters. The summed E-state index contributed by atoms with van der Waals surface area (Å²) in [4.78, 5) is 0. The first-order valence-corrected chi connectivity index (χ1v) is 6.85. The van der Waals surface area contributed by atoms with Crippen LogP contribution < -0.4 is 10.1 Å². The van der Waals surface area contributed by atoms with E-state index in [9.17, 15) is 5.11 Å². The van der Waals surface area contributed by atoms with Gasteiger partial charge in [0.15, 0.2) is 0 Å². The van der Waals surface area contributed by atoms with Gasteiger partial charge in [0.1, 0.15) is 5.75 Å². The number of hydrogen-bond donors (Lipinski definition) is 2. The SMILES string of the molecule is CC(C)Oc1ccccc1NC1CCC(O)CC1. The number of aliphatic hydroxyl groups excluding tert-OH is 1. The highest BCUT2D eigenvalue weighted by atomic mass is 16.5. The van der Waals surface area contributed by atoms with E-state index in [1.54, 1.807) is 0 Å². The Kier molecular flexibility index (Phi) is 4.48. The topological polar surface area (TPSA) is 41.5 Å². The van der Waals surface area contributed by atoms with E-state index in [0.29, 0.717) is 6.04 Å². The highest BCUT2D eigenvalue weighted by molar-refractivity contribution is 5.56. The molecule has 0 radical (unpaired) electrons. The summed E-state index contributed by atoms with van der Waals surface area (Å²) in [5.41, 5.74) is 1.06. The van der Waals surface area contributed by atoms with Gasteiger partial charge < -0.3 is 15.2 Å². The number of anilines is 1. The summed E-state index contributed by atoms with van der Waals surface area (Å²) in [6, 6.07) is 8.52. The smallest absolute Gasteiger partial charge is 0.142 e. The lowest BCUT2D eigenvalue weighted by atomic mass is 9.93. The van der Waals surface area contributed by atoms with Crippen molar-refractivity contribution in [3.05, 3.63) is 24.3 Å². The Hall–Kier alpha value is -1.22. The molecule has 0 aromatic heterocycles. The monoisotopic (exact) mass is 249 g/mol. The minimum absolute atomic E-state index is 0.106. The fourth-order valence-corrected chi connectivity index (χ4v) is 2.38. The summed E-state index contributed by atoms with van der Waals surface area (Å²) < 4.78 is 5.80. The molecule has 3 heteroatoms. The molecule has 1 aromatic carbocycles. The van der Waals surface area contributed by atoms with E-state index in [2.05, 4.69) is 11.4 Å². The number of aliphatic hydroxyl groups is 1. The second-order valence-corrected chi connectivity index (χ2v) is 5.31. The zero-order chi connectivity index (χ0) is 13.0. The number of para-hydroxylation sites is 2. The van der Waals surface area contributed by atoms with Crippen molar-refractivity contribution in [1.82, 2.24) is 0 Å². The molecule has 1 aromatic rings. The first kappa shape index (κ1) is 13.2. The molecule has 0 amide bonds. The molecule has 2 rings (SSSR count). The molecule has 0 spiro atoms. The van der Waals surface area contributed by atoms with Crippen molar-refractivity contribution in [2.24, 2.45) is 0 Å². The predicted molar refractivity (Wildman–Crippen MR) is 74.1 cm³/mol. The lowest BCUT2D eigenvalue weighted by molar-refractivity contribution is 0.126. The molecule has 0 heterocycles. The van der Waals surface area contributed by atoms with Crippen molar-refractivity contribution in [2.45, 2.75) is 57.8 Å². The fraction of sp³-hybridized carbons (Fsp3) is 0.600. The van der Waals surface area contributed by atoms with Crippen LogP contribution in [0.5, 0.6) is 5.75 Å². The maximum Gasteiger partial charge on any atom is 0.142 e. The molecule has 1 saturated carbocycles. The van der Waals surface area contributed by atoms with Crippen LogP contribution in [-0.2, 0) is 0 Å². The van der Waals surface area contributed by atoms with Gasteiger partial charge in [-0.05, 0) is 51.7 Å². The van der Waals surface area contributed by atoms with E-state index in [4.69, 9.17) is 4.74 Å². The molecule has 100 valence electrons. The van der Waals surface area contributed by atoms with E-state index in [-0.39, 0.29) is 12.2 Å². The summed E-state index contributed by atoms with van der Waals surface area (Å²) in [5, 5.41) is 13.1. The number of hydrogen-bond acceptors (Lipinski definition) is 3. The van der Waals surface area contributed by atoms with Crippen molar-refractivity contribution in [2.75, 3.05) is 5.32 Å². The Morgan fingerprint density at radius 3 is 2.50 bits per heavy atom. The van der Waals surface area contributed by atoms with Crippen molar-refractivity contribution in [1.29, 1.82) is 0 Å². The number of rotatable bonds is 4. The minimum Gasteiger partial charge on any atom is -0.489 e. The molecule has 1 fully saturated rings.